The molecule has 1 fully saturated rings. The van der Waals surface area contributed by atoms with E-state index in [0.717, 1.165) is 0 Å². The van der Waals surface area contributed by atoms with Gasteiger partial charge < -0.3 is 0 Å². The van der Waals surface area contributed by atoms with Crippen molar-refractivity contribution in [3.8, 4) is 0 Å². The van der Waals surface area contributed by atoms with Crippen LogP contribution < -0.4 is 0 Å². The Morgan fingerprint density at radius 2 is 0.500 bits per heavy atom. The van der Waals surface area contributed by atoms with Crippen LogP contribution in [0.3, 0.4) is 0 Å². The Morgan fingerprint density at radius 1 is 0.333 bits per heavy atom. The molecular formula is O6. The molecule has 36 valence electrons. The summed E-state index contributed by atoms with van der Waals surface area (Å²) in [5.41, 5.74) is 0. The summed E-state index contributed by atoms with van der Waals surface area (Å²) in [6, 6.07) is 0. The monoisotopic (exact) mass is 96.0 g/mol. The van der Waals surface area contributed by atoms with E-state index in [9.17, 15) is 0 Å². The third-order valence-corrected chi connectivity index (χ3v) is 0.167. The molecule has 0 radical (unpaired) electrons. The van der Waals surface area contributed by atoms with Gasteiger partial charge in [-0.3, -0.25) is 0 Å². The summed E-state index contributed by atoms with van der Waals surface area (Å²) in [4.78, 5) is 0. The quantitative estimate of drug-likeness (QED) is 0.382. The van der Waals surface area contributed by atoms with Gasteiger partial charge in [-0.25, -0.2) is 0 Å². The fourth-order valence-electron chi connectivity index (χ4n) is 0.0680. The first-order chi connectivity index (χ1) is 3.00. The standard InChI is InChI=1S/O6/c1-2-4-6-5-3-1. The summed E-state index contributed by atoms with van der Waals surface area (Å²) >= 11 is 0. The molecule has 1 saturated heterocycles. The first kappa shape index (κ1) is 3.93. The van der Waals surface area contributed by atoms with Gasteiger partial charge in [0.15, 0.2) is 0 Å². The largest absolute Gasteiger partial charge is 0 e. The van der Waals surface area contributed by atoms with Crippen LogP contribution in [0.1, 0.15) is 0 Å². The van der Waals surface area contributed by atoms with Crippen molar-refractivity contribution in [3.63, 3.8) is 0 Å². The second kappa shape index (κ2) is 2.03. The molecule has 1 heterocycles. The van der Waals surface area contributed by atoms with Crippen LogP contribution in [0, 0.1) is 0 Å². The Hall–Kier alpha value is -0.240. The van der Waals surface area contributed by atoms with E-state index in [1.165, 1.54) is 0 Å². The van der Waals surface area contributed by atoms with E-state index >= 15 is 0 Å². The van der Waals surface area contributed by atoms with E-state index < -0.39 is 0 Å². The zero-order chi connectivity index (χ0) is 4.24. The lowest BCUT2D eigenvalue weighted by atomic mass is 14.0. The molecule has 6 heteroatoms. The highest BCUT2D eigenvalue weighted by Crippen LogP contribution is 1.93. The molecule has 1 rings (SSSR count). The van der Waals surface area contributed by atoms with Gasteiger partial charge in [0.05, 0.1) is 0 Å². The van der Waals surface area contributed by atoms with Crippen LogP contribution in [0.5, 0.6) is 0 Å². The van der Waals surface area contributed by atoms with Gasteiger partial charge in [-0.1, -0.05) is 0 Å². The van der Waals surface area contributed by atoms with Gasteiger partial charge in [-0.15, -0.1) is 0 Å². The lowest BCUT2D eigenvalue weighted by Gasteiger charge is -2.00. The Morgan fingerprint density at radius 3 is 0.667 bits per heavy atom. The molecule has 0 atom stereocenters. The van der Waals surface area contributed by atoms with Crippen LogP contribution in [-0.2, 0) is 30.2 Å². The maximum atomic E-state index is 3.50. The van der Waals surface area contributed by atoms with Crippen molar-refractivity contribution in [2.75, 3.05) is 0 Å². The molecule has 0 aromatic carbocycles. The Kier molecular flexibility index (Phi) is 1.33. The molecular weight excluding hydrogens is 96.0 g/mol. The SMILES string of the molecule is O1OOOOO1. The summed E-state index contributed by atoms with van der Waals surface area (Å²) in [7, 11) is 0. The zero-order valence-electron chi connectivity index (χ0n) is 2.45. The van der Waals surface area contributed by atoms with Crippen molar-refractivity contribution in [1.82, 2.24) is 0 Å². The van der Waals surface area contributed by atoms with Crippen LogP contribution in [0.2, 0.25) is 0 Å². The summed E-state index contributed by atoms with van der Waals surface area (Å²) < 4.78 is 0. The van der Waals surface area contributed by atoms with Crippen LogP contribution in [0.25, 0.3) is 0 Å². The topological polar surface area (TPSA) is 55.4 Å². The van der Waals surface area contributed by atoms with Gasteiger partial charge in [-0.05, 0) is 0 Å². The van der Waals surface area contributed by atoms with Crippen molar-refractivity contribution < 1.29 is 30.2 Å². The Bertz CT molecular complexity index is 15.5. The fraction of sp³-hybridized carbons (Fsp3) is 0. The lowest BCUT2D eigenvalue weighted by molar-refractivity contribution is -0.914. The minimum absolute atomic E-state index is 3.50. The average molecular weight is 96.0 g/mol. The molecule has 0 amide bonds. The third-order valence-electron chi connectivity index (χ3n) is 0.167. The molecule has 0 N–H and O–H groups in total. The first-order valence-corrected chi connectivity index (χ1v) is 1.00. The van der Waals surface area contributed by atoms with E-state index in [4.69, 9.17) is 0 Å². The van der Waals surface area contributed by atoms with Crippen LogP contribution in [0.4, 0.5) is 0 Å². The Balaban J connectivity index is 2.00. The molecule has 0 unspecified atom stereocenters. The van der Waals surface area contributed by atoms with Gasteiger partial charge in [0, 0.05) is 30.2 Å². The minimum Gasteiger partial charge on any atom is 0 e. The molecule has 0 aromatic heterocycles. The summed E-state index contributed by atoms with van der Waals surface area (Å²) in [6.07, 6.45) is 0. The number of rotatable bonds is 0. The molecule has 0 aliphatic carbocycles. The van der Waals surface area contributed by atoms with Crippen molar-refractivity contribution >= 4 is 0 Å². The second-order valence-electron chi connectivity index (χ2n) is 0.408. The van der Waals surface area contributed by atoms with Gasteiger partial charge in [0.25, 0.3) is 0 Å². The maximum Gasteiger partial charge on any atom is 0 e. The average Bonchev–Trinajstić information content (AvgIpc) is 1.72. The van der Waals surface area contributed by atoms with Crippen molar-refractivity contribution in [2.45, 2.75) is 0 Å². The van der Waals surface area contributed by atoms with E-state index in [1.807, 2.05) is 0 Å². The fourth-order valence-corrected chi connectivity index (χ4v) is 0.0680. The van der Waals surface area contributed by atoms with E-state index in [1.54, 1.807) is 0 Å². The molecule has 0 aromatic rings. The highest BCUT2D eigenvalue weighted by Gasteiger charge is 2.00. The highest BCUT2D eigenvalue weighted by molar-refractivity contribution is 3.09. The predicted molar refractivity (Wildman–Crippen MR) is 6.51 cm³/mol. The Labute approximate surface area is 31.6 Å². The van der Waals surface area contributed by atoms with Gasteiger partial charge in [0.1, 0.15) is 0 Å². The zero-order valence-corrected chi connectivity index (χ0v) is 2.45. The van der Waals surface area contributed by atoms with Crippen LogP contribution >= 0.6 is 0 Å². The molecule has 0 spiro atoms. The second-order valence-corrected chi connectivity index (χ2v) is 0.408. The number of hydrogen-bond donors (Lipinski definition) is 0. The summed E-state index contributed by atoms with van der Waals surface area (Å²) in [5, 5.41) is 21.0. The maximum absolute atomic E-state index is 3.50. The van der Waals surface area contributed by atoms with E-state index in [2.05, 4.69) is 30.2 Å². The normalized spacial score (nSPS) is 24.0. The first-order valence-electron chi connectivity index (χ1n) is 1.00. The predicted octanol–water partition coefficient (Wildman–Crippen LogP) is -0.410. The molecule has 0 bridgehead atoms. The van der Waals surface area contributed by atoms with Crippen molar-refractivity contribution in [3.05, 3.63) is 0 Å². The molecule has 6 heavy (non-hydrogen) atoms. The lowest BCUT2D eigenvalue weighted by Crippen LogP contribution is -2.07. The van der Waals surface area contributed by atoms with Gasteiger partial charge >= 0.3 is 0 Å². The van der Waals surface area contributed by atoms with Crippen LogP contribution in [-0.4, -0.2) is 0 Å². The minimum atomic E-state index is 3.50. The van der Waals surface area contributed by atoms with Crippen molar-refractivity contribution in [2.24, 2.45) is 0 Å². The number of hydrogen-bond acceptors (Lipinski definition) is 6. The van der Waals surface area contributed by atoms with E-state index in [-0.39, 0.29) is 0 Å². The molecule has 0 saturated carbocycles. The molecule has 1 aliphatic rings. The highest BCUT2D eigenvalue weighted by atomic mass is 18.0. The van der Waals surface area contributed by atoms with Crippen LogP contribution in [0.15, 0.2) is 0 Å². The molecule has 1 aliphatic heterocycles. The van der Waals surface area contributed by atoms with Gasteiger partial charge in [0.2, 0.25) is 0 Å². The smallest absolute Gasteiger partial charge is 0 e. The summed E-state index contributed by atoms with van der Waals surface area (Å²) in [5.74, 6) is 0. The molecule has 6 nitrogen and oxygen atoms in total. The van der Waals surface area contributed by atoms with E-state index in [0.29, 0.717) is 0 Å². The van der Waals surface area contributed by atoms with Gasteiger partial charge in [-0.2, -0.15) is 0 Å². The van der Waals surface area contributed by atoms with Crippen molar-refractivity contribution in [1.29, 1.82) is 0 Å². The summed E-state index contributed by atoms with van der Waals surface area (Å²) in [6.45, 7) is 0. The third kappa shape index (κ3) is 0.863.